The second kappa shape index (κ2) is 7.13. The third-order valence-corrected chi connectivity index (χ3v) is 3.92. The molecule has 5 N–H and O–H groups in total. The van der Waals surface area contributed by atoms with Gasteiger partial charge in [-0.25, -0.2) is 0 Å². The molecule has 0 radical (unpaired) electrons. The number of hydrogen-bond donors (Lipinski definition) is 4. The maximum absolute atomic E-state index is 11.7. The fraction of sp³-hybridized carbons (Fsp3) is 0.333. The summed E-state index contributed by atoms with van der Waals surface area (Å²) < 4.78 is 36.0. The first-order chi connectivity index (χ1) is 10.4. The summed E-state index contributed by atoms with van der Waals surface area (Å²) in [5.74, 6) is -3.19. The van der Waals surface area contributed by atoms with Crippen LogP contribution in [0.4, 0.5) is 0 Å². The number of carbonyl (C=O) groups excluding carboxylic acids is 1. The van der Waals surface area contributed by atoms with Gasteiger partial charge in [0.15, 0.2) is 0 Å². The largest absolute Gasteiger partial charge is 0.506 e. The van der Waals surface area contributed by atoms with E-state index >= 15 is 0 Å². The summed E-state index contributed by atoms with van der Waals surface area (Å²) in [5, 5.41) is 18.4. The van der Waals surface area contributed by atoms with Crippen molar-refractivity contribution in [3.63, 3.8) is 0 Å². The first-order valence-corrected chi connectivity index (χ1v) is 7.92. The van der Waals surface area contributed by atoms with Crippen LogP contribution in [0.15, 0.2) is 17.0 Å². The average Bonchev–Trinajstić information content (AvgIpc) is 2.39. The molecule has 0 amide bonds. The molecule has 0 fully saturated rings. The second-order valence-electron chi connectivity index (χ2n) is 4.62. The highest BCUT2D eigenvalue weighted by Gasteiger charge is 2.25. The Morgan fingerprint density at radius 3 is 2.43 bits per heavy atom. The molecule has 9 nitrogen and oxygen atoms in total. The normalized spacial score (nSPS) is 14.1. The number of esters is 1. The molecule has 0 saturated heterocycles. The lowest BCUT2D eigenvalue weighted by atomic mass is 10.1. The predicted molar refractivity (Wildman–Crippen MR) is 77.8 cm³/mol. The number of phenolic OH excluding ortho intramolecular Hbond substituents is 1. The number of hydrogen-bond acceptors (Lipinski definition) is 7. The Morgan fingerprint density at radius 2 is 1.96 bits per heavy atom. The molecule has 0 saturated carbocycles. The molecule has 1 aromatic rings. The van der Waals surface area contributed by atoms with Gasteiger partial charge in [0.25, 0.3) is 10.1 Å². The summed E-state index contributed by atoms with van der Waals surface area (Å²) in [4.78, 5) is 21.5. The Balaban J connectivity index is 3.00. The molecule has 23 heavy (non-hydrogen) atoms. The number of carbonyl (C=O) groups is 2. The summed E-state index contributed by atoms with van der Waals surface area (Å²) in [5.41, 5.74) is 5.06. The number of aromatic hydroxyl groups is 1. The van der Waals surface area contributed by atoms with E-state index < -0.39 is 51.3 Å². The average molecular weight is 368 g/mol. The molecule has 128 valence electrons. The molecule has 0 aromatic heterocycles. The number of nitrogens with two attached hydrogens (primary N) is 1. The summed E-state index contributed by atoms with van der Waals surface area (Å²) in [7, 11) is -4.75. The van der Waals surface area contributed by atoms with Crippen LogP contribution in [0.1, 0.15) is 12.5 Å². The fourth-order valence-corrected chi connectivity index (χ4v) is 2.60. The highest BCUT2D eigenvalue weighted by molar-refractivity contribution is 7.86. The van der Waals surface area contributed by atoms with E-state index in [1.54, 1.807) is 0 Å². The van der Waals surface area contributed by atoms with Crippen LogP contribution in [0.2, 0.25) is 5.02 Å². The van der Waals surface area contributed by atoms with Crippen molar-refractivity contribution < 1.29 is 37.5 Å². The van der Waals surface area contributed by atoms with Crippen LogP contribution >= 0.6 is 11.6 Å². The quantitative estimate of drug-likeness (QED) is 0.405. The van der Waals surface area contributed by atoms with Crippen molar-refractivity contribution in [2.45, 2.75) is 30.4 Å². The van der Waals surface area contributed by atoms with E-state index in [0.29, 0.717) is 0 Å². The molecule has 0 unspecified atom stereocenters. The van der Waals surface area contributed by atoms with Gasteiger partial charge in [0.05, 0.1) is 6.42 Å². The van der Waals surface area contributed by atoms with E-state index in [1.807, 2.05) is 0 Å². The predicted octanol–water partition coefficient (Wildman–Crippen LogP) is 0.178. The SMILES string of the molecule is C[C@@H](OC(=O)Cc1cc(Cl)cc(S(=O)(=O)O)c1O)[C@H](N)C(=O)O. The van der Waals surface area contributed by atoms with Crippen LogP contribution in [-0.4, -0.2) is 47.3 Å². The molecule has 0 bridgehead atoms. The van der Waals surface area contributed by atoms with Crippen molar-refractivity contribution in [2.24, 2.45) is 5.73 Å². The smallest absolute Gasteiger partial charge is 0.324 e. The number of carboxylic acid groups (broad SMARTS) is 1. The van der Waals surface area contributed by atoms with Crippen molar-refractivity contribution in [2.75, 3.05) is 0 Å². The monoisotopic (exact) mass is 367 g/mol. The third-order valence-electron chi connectivity index (χ3n) is 2.84. The number of aliphatic carboxylic acids is 1. The van der Waals surface area contributed by atoms with E-state index in [4.69, 9.17) is 31.7 Å². The van der Waals surface area contributed by atoms with Crippen molar-refractivity contribution >= 4 is 33.7 Å². The lowest BCUT2D eigenvalue weighted by Crippen LogP contribution is -2.42. The lowest BCUT2D eigenvalue weighted by molar-refractivity contribution is -0.152. The zero-order valence-electron chi connectivity index (χ0n) is 11.8. The maximum Gasteiger partial charge on any atom is 0.324 e. The Morgan fingerprint density at radius 1 is 1.39 bits per heavy atom. The van der Waals surface area contributed by atoms with Crippen LogP contribution in [0.3, 0.4) is 0 Å². The summed E-state index contributed by atoms with van der Waals surface area (Å²) in [6, 6.07) is 0.471. The number of ether oxygens (including phenoxy) is 1. The molecular weight excluding hydrogens is 354 g/mol. The molecule has 2 atom stereocenters. The molecule has 11 heteroatoms. The molecule has 1 rings (SSSR count). The second-order valence-corrected chi connectivity index (χ2v) is 6.45. The zero-order chi connectivity index (χ0) is 17.9. The van der Waals surface area contributed by atoms with Gasteiger partial charge in [0, 0.05) is 10.6 Å². The first-order valence-electron chi connectivity index (χ1n) is 6.10. The molecule has 0 spiro atoms. The van der Waals surface area contributed by atoms with Crippen LogP contribution < -0.4 is 5.73 Å². The number of phenols is 1. The number of rotatable bonds is 6. The summed E-state index contributed by atoms with van der Waals surface area (Å²) >= 11 is 5.67. The molecule has 1 aromatic carbocycles. The van der Waals surface area contributed by atoms with Crippen LogP contribution in [0, 0.1) is 0 Å². The topological polar surface area (TPSA) is 164 Å². The van der Waals surface area contributed by atoms with Gasteiger partial charge >= 0.3 is 11.9 Å². The van der Waals surface area contributed by atoms with Gasteiger partial charge in [-0.2, -0.15) is 8.42 Å². The van der Waals surface area contributed by atoms with Crippen molar-refractivity contribution in [1.29, 1.82) is 0 Å². The number of carboxylic acids is 1. The standard InChI is InChI=1S/C12H14ClNO8S/c1-5(10(14)12(17)18)22-9(15)3-6-2-7(13)4-8(11(6)16)23(19,20)21/h2,4-5,10,16H,3,14H2,1H3,(H,17,18)(H,19,20,21)/t5-,10+/m1/s1. The molecule has 0 aliphatic heterocycles. The van der Waals surface area contributed by atoms with Crippen molar-refractivity contribution in [3.8, 4) is 5.75 Å². The molecular formula is C12H14ClNO8S. The van der Waals surface area contributed by atoms with Crippen LogP contribution in [0.25, 0.3) is 0 Å². The van der Waals surface area contributed by atoms with E-state index in [2.05, 4.69) is 0 Å². The van der Waals surface area contributed by atoms with Gasteiger partial charge in [-0.05, 0) is 19.1 Å². The lowest BCUT2D eigenvalue weighted by Gasteiger charge is -2.17. The van der Waals surface area contributed by atoms with Gasteiger partial charge in [-0.3, -0.25) is 14.1 Å². The highest BCUT2D eigenvalue weighted by atomic mass is 35.5. The van der Waals surface area contributed by atoms with Gasteiger partial charge in [0.1, 0.15) is 22.8 Å². The Hall–Kier alpha value is -1.88. The van der Waals surface area contributed by atoms with E-state index in [0.717, 1.165) is 12.1 Å². The molecule has 0 aliphatic carbocycles. The summed E-state index contributed by atoms with van der Waals surface area (Å²) in [6.45, 7) is 1.26. The fourth-order valence-electron chi connectivity index (χ4n) is 1.64. The van der Waals surface area contributed by atoms with Gasteiger partial charge in [0.2, 0.25) is 0 Å². The van der Waals surface area contributed by atoms with E-state index in [1.165, 1.54) is 6.92 Å². The number of halogens is 1. The Kier molecular flexibility index (Phi) is 5.94. The van der Waals surface area contributed by atoms with Crippen LogP contribution in [-0.2, 0) is 30.9 Å². The van der Waals surface area contributed by atoms with Gasteiger partial charge in [-0.1, -0.05) is 11.6 Å². The zero-order valence-corrected chi connectivity index (χ0v) is 13.3. The Labute approximate surface area is 136 Å². The maximum atomic E-state index is 11.7. The molecule has 0 aliphatic rings. The van der Waals surface area contributed by atoms with E-state index in [9.17, 15) is 23.1 Å². The van der Waals surface area contributed by atoms with Crippen LogP contribution in [0.5, 0.6) is 5.75 Å². The Bertz CT molecular complexity index is 733. The third kappa shape index (κ3) is 5.06. The van der Waals surface area contributed by atoms with Crippen molar-refractivity contribution in [3.05, 3.63) is 22.7 Å². The first kappa shape index (κ1) is 19.2. The van der Waals surface area contributed by atoms with Gasteiger partial charge < -0.3 is 20.7 Å². The number of benzene rings is 1. The highest BCUT2D eigenvalue weighted by Crippen LogP contribution is 2.31. The minimum Gasteiger partial charge on any atom is -0.506 e. The minimum atomic E-state index is -4.75. The summed E-state index contributed by atoms with van der Waals surface area (Å²) in [6.07, 6.45) is -1.76. The van der Waals surface area contributed by atoms with Gasteiger partial charge in [-0.15, -0.1) is 0 Å². The minimum absolute atomic E-state index is 0.145. The van der Waals surface area contributed by atoms with Crippen molar-refractivity contribution in [1.82, 2.24) is 0 Å². The van der Waals surface area contributed by atoms with E-state index in [-0.39, 0.29) is 10.6 Å². The molecule has 0 heterocycles.